The van der Waals surface area contributed by atoms with E-state index < -0.39 is 0 Å². The molecule has 2 amide bonds. The number of halogens is 1. The lowest BCUT2D eigenvalue weighted by molar-refractivity contribution is 0.0933. The second-order valence-corrected chi connectivity index (χ2v) is 5.47. The number of hydrogen-bond acceptors (Lipinski definition) is 4. The van der Waals surface area contributed by atoms with Crippen molar-refractivity contribution in [2.45, 2.75) is 18.9 Å². The first-order chi connectivity index (χ1) is 10.2. The van der Waals surface area contributed by atoms with Gasteiger partial charge in [-0.3, -0.25) is 9.69 Å². The standard InChI is InChI=1S/C15H19N3O3.ClH/c16-9-13(10-1-2-10)17-14(19)11-3-5-12(6-4-11)18-7-8-21-15(18)20;/h3-6,10,13H,1-2,7-9,16H2,(H,17,19);1H. The van der Waals surface area contributed by atoms with Gasteiger partial charge in [-0.1, -0.05) is 0 Å². The molecule has 0 radical (unpaired) electrons. The third-order valence-electron chi connectivity index (χ3n) is 3.96. The van der Waals surface area contributed by atoms with Gasteiger partial charge in [-0.05, 0) is 43.0 Å². The first-order valence-electron chi connectivity index (χ1n) is 7.24. The Bertz CT molecular complexity index is 545. The molecule has 6 nitrogen and oxygen atoms in total. The Balaban J connectivity index is 0.00000176. The van der Waals surface area contributed by atoms with Gasteiger partial charge >= 0.3 is 6.09 Å². The van der Waals surface area contributed by atoms with Gasteiger partial charge in [0.25, 0.3) is 5.91 Å². The van der Waals surface area contributed by atoms with Gasteiger partial charge < -0.3 is 15.8 Å². The summed E-state index contributed by atoms with van der Waals surface area (Å²) in [6.45, 7) is 1.41. The van der Waals surface area contributed by atoms with E-state index in [1.165, 1.54) is 0 Å². The van der Waals surface area contributed by atoms with Gasteiger partial charge in [0.2, 0.25) is 0 Å². The Morgan fingerprint density at radius 3 is 2.55 bits per heavy atom. The molecule has 1 aromatic carbocycles. The Morgan fingerprint density at radius 1 is 1.36 bits per heavy atom. The van der Waals surface area contributed by atoms with Crippen molar-refractivity contribution < 1.29 is 14.3 Å². The number of nitrogens with one attached hydrogen (secondary N) is 1. The maximum atomic E-state index is 12.2. The Kier molecular flexibility index (Phi) is 5.26. The number of carbonyl (C=O) groups excluding carboxylic acids is 2. The molecule has 3 N–H and O–H groups in total. The minimum atomic E-state index is -0.343. The van der Waals surface area contributed by atoms with Crippen molar-refractivity contribution in [2.24, 2.45) is 11.7 Å². The van der Waals surface area contributed by atoms with E-state index in [1.54, 1.807) is 29.2 Å². The third-order valence-corrected chi connectivity index (χ3v) is 3.96. The van der Waals surface area contributed by atoms with Crippen LogP contribution in [0.4, 0.5) is 10.5 Å². The van der Waals surface area contributed by atoms with Crippen LogP contribution < -0.4 is 16.0 Å². The van der Waals surface area contributed by atoms with Crippen LogP contribution in [0.15, 0.2) is 24.3 Å². The lowest BCUT2D eigenvalue weighted by atomic mass is 10.1. The molecule has 22 heavy (non-hydrogen) atoms. The molecule has 1 aliphatic carbocycles. The van der Waals surface area contributed by atoms with Crippen molar-refractivity contribution >= 4 is 30.1 Å². The maximum Gasteiger partial charge on any atom is 0.414 e. The average molecular weight is 326 g/mol. The predicted molar refractivity (Wildman–Crippen MR) is 85.4 cm³/mol. The highest BCUT2D eigenvalue weighted by Crippen LogP contribution is 2.32. The van der Waals surface area contributed by atoms with Gasteiger partial charge in [0.15, 0.2) is 0 Å². The zero-order valence-corrected chi connectivity index (χ0v) is 13.0. The van der Waals surface area contributed by atoms with Crippen LogP contribution in [0.5, 0.6) is 0 Å². The summed E-state index contributed by atoms with van der Waals surface area (Å²) >= 11 is 0. The van der Waals surface area contributed by atoms with Gasteiger partial charge in [0.1, 0.15) is 6.61 Å². The number of hydrogen-bond donors (Lipinski definition) is 2. The molecule has 1 aromatic rings. The van der Waals surface area contributed by atoms with Crippen molar-refractivity contribution in [1.82, 2.24) is 5.32 Å². The maximum absolute atomic E-state index is 12.2. The minimum Gasteiger partial charge on any atom is -0.447 e. The Hall–Kier alpha value is -1.79. The number of anilines is 1. The molecule has 120 valence electrons. The number of carbonyl (C=O) groups is 2. The summed E-state index contributed by atoms with van der Waals surface area (Å²) in [6.07, 6.45) is 1.93. The fourth-order valence-corrected chi connectivity index (χ4v) is 2.54. The smallest absolute Gasteiger partial charge is 0.414 e. The summed E-state index contributed by atoms with van der Waals surface area (Å²) in [4.78, 5) is 25.2. The molecular weight excluding hydrogens is 306 g/mol. The van der Waals surface area contributed by atoms with E-state index in [-0.39, 0.29) is 30.4 Å². The molecule has 2 aliphatic rings. The summed E-state index contributed by atoms with van der Waals surface area (Å²) < 4.78 is 4.89. The van der Waals surface area contributed by atoms with E-state index in [0.717, 1.165) is 18.5 Å². The van der Waals surface area contributed by atoms with E-state index in [9.17, 15) is 9.59 Å². The van der Waals surface area contributed by atoms with E-state index in [0.29, 0.717) is 31.2 Å². The summed E-state index contributed by atoms with van der Waals surface area (Å²) in [5.41, 5.74) is 7.01. The SMILES string of the molecule is Cl.NCC(NC(=O)c1ccc(N2CCOC2=O)cc1)C1CC1. The zero-order chi connectivity index (χ0) is 14.8. The second kappa shape index (κ2) is 6.98. The highest BCUT2D eigenvalue weighted by Gasteiger charge is 2.31. The molecule has 2 fully saturated rings. The summed E-state index contributed by atoms with van der Waals surface area (Å²) in [6, 6.07) is 7.02. The Labute approximate surface area is 135 Å². The molecule has 1 aliphatic heterocycles. The summed E-state index contributed by atoms with van der Waals surface area (Å²) in [5.74, 6) is 0.408. The van der Waals surface area contributed by atoms with Gasteiger partial charge in [-0.25, -0.2) is 4.79 Å². The molecule has 7 heteroatoms. The predicted octanol–water partition coefficient (Wildman–Crippen LogP) is 1.53. The Morgan fingerprint density at radius 2 is 2.05 bits per heavy atom. The van der Waals surface area contributed by atoms with Crippen LogP contribution >= 0.6 is 12.4 Å². The van der Waals surface area contributed by atoms with E-state index >= 15 is 0 Å². The molecule has 1 atom stereocenters. The lowest BCUT2D eigenvalue weighted by Crippen LogP contribution is -2.41. The third kappa shape index (κ3) is 3.51. The van der Waals surface area contributed by atoms with Crippen LogP contribution in [0, 0.1) is 5.92 Å². The monoisotopic (exact) mass is 325 g/mol. The fraction of sp³-hybridized carbons (Fsp3) is 0.467. The zero-order valence-electron chi connectivity index (χ0n) is 12.2. The number of nitrogens with two attached hydrogens (primary N) is 1. The molecule has 1 saturated heterocycles. The van der Waals surface area contributed by atoms with Crippen LogP contribution in [-0.2, 0) is 4.74 Å². The van der Waals surface area contributed by atoms with Crippen LogP contribution in [0.25, 0.3) is 0 Å². The minimum absolute atomic E-state index is 0. The largest absolute Gasteiger partial charge is 0.447 e. The highest BCUT2D eigenvalue weighted by molar-refractivity contribution is 5.95. The van der Waals surface area contributed by atoms with Crippen molar-refractivity contribution in [3.8, 4) is 0 Å². The topological polar surface area (TPSA) is 84.7 Å². The van der Waals surface area contributed by atoms with E-state index in [2.05, 4.69) is 5.32 Å². The lowest BCUT2D eigenvalue weighted by Gasteiger charge is -2.17. The molecule has 1 saturated carbocycles. The molecular formula is C15H20ClN3O3. The molecule has 1 heterocycles. The molecule has 3 rings (SSSR count). The first kappa shape index (κ1) is 16.6. The molecule has 0 aromatic heterocycles. The highest BCUT2D eigenvalue weighted by atomic mass is 35.5. The number of rotatable bonds is 5. The van der Waals surface area contributed by atoms with Crippen molar-refractivity contribution in [2.75, 3.05) is 24.6 Å². The number of benzene rings is 1. The van der Waals surface area contributed by atoms with E-state index in [4.69, 9.17) is 10.5 Å². The number of ether oxygens (including phenoxy) is 1. The fourth-order valence-electron chi connectivity index (χ4n) is 2.54. The molecule has 0 bridgehead atoms. The van der Waals surface area contributed by atoms with E-state index in [1.807, 2.05) is 0 Å². The quantitative estimate of drug-likeness (QED) is 0.860. The van der Waals surface area contributed by atoms with Gasteiger partial charge in [0, 0.05) is 23.8 Å². The normalized spacial score (nSPS) is 18.4. The van der Waals surface area contributed by atoms with Crippen LogP contribution in [0.1, 0.15) is 23.2 Å². The summed E-state index contributed by atoms with van der Waals surface area (Å²) in [5, 5.41) is 2.97. The summed E-state index contributed by atoms with van der Waals surface area (Å²) in [7, 11) is 0. The van der Waals surface area contributed by atoms with Crippen molar-refractivity contribution in [3.05, 3.63) is 29.8 Å². The average Bonchev–Trinajstić information content (AvgIpc) is 3.26. The van der Waals surface area contributed by atoms with Crippen molar-refractivity contribution in [3.63, 3.8) is 0 Å². The van der Waals surface area contributed by atoms with Crippen LogP contribution in [0.2, 0.25) is 0 Å². The van der Waals surface area contributed by atoms with Gasteiger partial charge in [-0.2, -0.15) is 0 Å². The van der Waals surface area contributed by atoms with Gasteiger partial charge in [0.05, 0.1) is 6.54 Å². The first-order valence-corrected chi connectivity index (χ1v) is 7.24. The van der Waals surface area contributed by atoms with Gasteiger partial charge in [-0.15, -0.1) is 12.4 Å². The van der Waals surface area contributed by atoms with Crippen molar-refractivity contribution in [1.29, 1.82) is 0 Å². The second-order valence-electron chi connectivity index (χ2n) is 5.47. The molecule has 1 unspecified atom stereocenters. The van der Waals surface area contributed by atoms with Crippen LogP contribution in [0.3, 0.4) is 0 Å². The number of amides is 2. The van der Waals surface area contributed by atoms with Crippen LogP contribution in [-0.4, -0.2) is 37.7 Å². The molecule has 0 spiro atoms. The number of cyclic esters (lactones) is 1. The number of nitrogens with zero attached hydrogens (tertiary/aromatic N) is 1.